The molecule has 0 radical (unpaired) electrons. The summed E-state index contributed by atoms with van der Waals surface area (Å²) in [7, 11) is 0. The summed E-state index contributed by atoms with van der Waals surface area (Å²) in [4.78, 5) is 11.7. The van der Waals surface area contributed by atoms with E-state index in [0.717, 1.165) is 12.1 Å². The van der Waals surface area contributed by atoms with E-state index < -0.39 is 17.7 Å². The number of carbonyl (C=O) groups is 1. The normalized spacial score (nSPS) is 11.4. The maximum absolute atomic E-state index is 12.4. The summed E-state index contributed by atoms with van der Waals surface area (Å²) in [5.74, 6) is -0.632. The SMILES string of the molecule is O=C(O)c1ccccc1CSc1ccc(C(F)(F)F)cc1. The molecule has 2 nitrogen and oxygen atoms in total. The van der Waals surface area contributed by atoms with E-state index in [4.69, 9.17) is 5.11 Å². The molecule has 0 aliphatic rings. The van der Waals surface area contributed by atoms with Gasteiger partial charge in [0.15, 0.2) is 0 Å². The molecule has 0 saturated heterocycles. The summed E-state index contributed by atoms with van der Waals surface area (Å²) in [6, 6.07) is 11.4. The van der Waals surface area contributed by atoms with E-state index in [1.807, 2.05) is 0 Å². The molecule has 0 aromatic heterocycles. The molecule has 0 aliphatic carbocycles. The van der Waals surface area contributed by atoms with Gasteiger partial charge in [0.1, 0.15) is 0 Å². The van der Waals surface area contributed by atoms with E-state index in [2.05, 4.69) is 0 Å². The smallest absolute Gasteiger partial charge is 0.416 e. The number of halogens is 3. The Morgan fingerprint density at radius 1 is 1.05 bits per heavy atom. The lowest BCUT2D eigenvalue weighted by Gasteiger charge is -2.08. The average Bonchev–Trinajstić information content (AvgIpc) is 2.45. The number of thioether (sulfide) groups is 1. The monoisotopic (exact) mass is 312 g/mol. The number of rotatable bonds is 4. The van der Waals surface area contributed by atoms with Crippen molar-refractivity contribution >= 4 is 17.7 Å². The van der Waals surface area contributed by atoms with E-state index in [-0.39, 0.29) is 5.56 Å². The molecular formula is C15H11F3O2S. The third-order valence-corrected chi connectivity index (χ3v) is 3.88. The fourth-order valence-corrected chi connectivity index (χ4v) is 2.66. The zero-order valence-corrected chi connectivity index (χ0v) is 11.5. The Bertz CT molecular complexity index is 636. The summed E-state index contributed by atoms with van der Waals surface area (Å²) in [5, 5.41) is 9.05. The van der Waals surface area contributed by atoms with Gasteiger partial charge in [0.05, 0.1) is 11.1 Å². The van der Waals surface area contributed by atoms with Crippen LogP contribution in [0.1, 0.15) is 21.5 Å². The molecule has 21 heavy (non-hydrogen) atoms. The second-order valence-corrected chi connectivity index (χ2v) is 5.32. The van der Waals surface area contributed by atoms with Crippen molar-refractivity contribution in [3.8, 4) is 0 Å². The topological polar surface area (TPSA) is 37.3 Å². The highest BCUT2D eigenvalue weighted by Gasteiger charge is 2.29. The van der Waals surface area contributed by atoms with Gasteiger partial charge in [0.25, 0.3) is 0 Å². The first kappa shape index (κ1) is 15.4. The Morgan fingerprint density at radius 3 is 2.24 bits per heavy atom. The Hall–Kier alpha value is -1.95. The number of alkyl halides is 3. The first-order chi connectivity index (χ1) is 9.88. The molecule has 110 valence electrons. The fraction of sp³-hybridized carbons (Fsp3) is 0.133. The number of aromatic carboxylic acids is 1. The first-order valence-corrected chi connectivity index (χ1v) is 6.98. The van der Waals surface area contributed by atoms with Gasteiger partial charge in [-0.1, -0.05) is 18.2 Å². The second-order valence-electron chi connectivity index (χ2n) is 4.27. The van der Waals surface area contributed by atoms with Gasteiger partial charge in [-0.3, -0.25) is 0 Å². The molecule has 0 amide bonds. The Balaban J connectivity index is 2.09. The summed E-state index contributed by atoms with van der Waals surface area (Å²) >= 11 is 1.29. The molecule has 2 aromatic carbocycles. The minimum atomic E-state index is -4.35. The van der Waals surface area contributed by atoms with Crippen LogP contribution in [0.15, 0.2) is 53.4 Å². The predicted octanol–water partition coefficient (Wildman–Crippen LogP) is 4.70. The van der Waals surface area contributed by atoms with Crippen molar-refractivity contribution in [2.45, 2.75) is 16.8 Å². The van der Waals surface area contributed by atoms with Gasteiger partial charge in [-0.15, -0.1) is 11.8 Å². The first-order valence-electron chi connectivity index (χ1n) is 5.99. The largest absolute Gasteiger partial charge is 0.478 e. The van der Waals surface area contributed by atoms with Crippen LogP contribution in [0.2, 0.25) is 0 Å². The van der Waals surface area contributed by atoms with E-state index in [1.165, 1.54) is 30.0 Å². The van der Waals surface area contributed by atoms with Gasteiger partial charge in [0, 0.05) is 10.6 Å². The van der Waals surface area contributed by atoms with Gasteiger partial charge in [-0.2, -0.15) is 13.2 Å². The highest BCUT2D eigenvalue weighted by atomic mass is 32.2. The van der Waals surface area contributed by atoms with Crippen LogP contribution in [0.5, 0.6) is 0 Å². The van der Waals surface area contributed by atoms with E-state index in [0.29, 0.717) is 16.2 Å². The second kappa shape index (κ2) is 6.22. The van der Waals surface area contributed by atoms with Crippen molar-refractivity contribution in [3.05, 3.63) is 65.2 Å². The predicted molar refractivity (Wildman–Crippen MR) is 74.4 cm³/mol. The quantitative estimate of drug-likeness (QED) is 0.832. The molecule has 0 atom stereocenters. The molecule has 2 aromatic rings. The number of hydrogen-bond donors (Lipinski definition) is 1. The highest BCUT2D eigenvalue weighted by Crippen LogP contribution is 2.31. The Morgan fingerprint density at radius 2 is 1.67 bits per heavy atom. The van der Waals surface area contributed by atoms with E-state index in [1.54, 1.807) is 18.2 Å². The van der Waals surface area contributed by atoms with Crippen molar-refractivity contribution < 1.29 is 23.1 Å². The minimum Gasteiger partial charge on any atom is -0.478 e. The zero-order chi connectivity index (χ0) is 15.5. The van der Waals surface area contributed by atoms with Crippen LogP contribution in [0.25, 0.3) is 0 Å². The maximum atomic E-state index is 12.4. The molecule has 0 aliphatic heterocycles. The molecular weight excluding hydrogens is 301 g/mol. The van der Waals surface area contributed by atoms with Crippen molar-refractivity contribution in [2.75, 3.05) is 0 Å². The van der Waals surface area contributed by atoms with Crippen molar-refractivity contribution in [1.82, 2.24) is 0 Å². The molecule has 1 N–H and O–H groups in total. The van der Waals surface area contributed by atoms with Gasteiger partial charge in [-0.25, -0.2) is 4.79 Å². The zero-order valence-electron chi connectivity index (χ0n) is 10.7. The Kier molecular flexibility index (Phi) is 4.57. The van der Waals surface area contributed by atoms with Gasteiger partial charge >= 0.3 is 12.1 Å². The summed E-state index contributed by atoms with van der Waals surface area (Å²) in [5.41, 5.74) is 0.143. The van der Waals surface area contributed by atoms with Crippen LogP contribution in [0.3, 0.4) is 0 Å². The number of hydrogen-bond acceptors (Lipinski definition) is 2. The number of carboxylic acid groups (broad SMARTS) is 1. The van der Waals surface area contributed by atoms with Crippen LogP contribution in [-0.4, -0.2) is 11.1 Å². The van der Waals surface area contributed by atoms with Crippen LogP contribution in [-0.2, 0) is 11.9 Å². The summed E-state index contributed by atoms with van der Waals surface area (Å²) in [6.45, 7) is 0. The molecule has 0 spiro atoms. The highest BCUT2D eigenvalue weighted by molar-refractivity contribution is 7.98. The van der Waals surface area contributed by atoms with Crippen LogP contribution >= 0.6 is 11.8 Å². The molecule has 0 fully saturated rings. The van der Waals surface area contributed by atoms with Gasteiger partial charge in [-0.05, 0) is 35.9 Å². The molecule has 6 heteroatoms. The van der Waals surface area contributed by atoms with Crippen LogP contribution in [0.4, 0.5) is 13.2 Å². The molecule has 0 unspecified atom stereocenters. The molecule has 0 heterocycles. The fourth-order valence-electron chi connectivity index (χ4n) is 1.76. The van der Waals surface area contributed by atoms with Gasteiger partial charge in [0.2, 0.25) is 0 Å². The lowest BCUT2D eigenvalue weighted by atomic mass is 10.1. The molecule has 2 rings (SSSR count). The summed E-state index contributed by atoms with van der Waals surface area (Å²) in [6.07, 6.45) is -4.35. The summed E-state index contributed by atoms with van der Waals surface area (Å²) < 4.78 is 37.3. The lowest BCUT2D eigenvalue weighted by Crippen LogP contribution is -2.04. The number of carboxylic acids is 1. The lowest BCUT2D eigenvalue weighted by molar-refractivity contribution is -0.137. The maximum Gasteiger partial charge on any atom is 0.416 e. The van der Waals surface area contributed by atoms with Gasteiger partial charge < -0.3 is 5.11 Å². The average molecular weight is 312 g/mol. The minimum absolute atomic E-state index is 0.205. The van der Waals surface area contributed by atoms with Crippen LogP contribution < -0.4 is 0 Å². The van der Waals surface area contributed by atoms with Crippen molar-refractivity contribution in [2.24, 2.45) is 0 Å². The van der Waals surface area contributed by atoms with Crippen LogP contribution in [0, 0.1) is 0 Å². The van der Waals surface area contributed by atoms with Crippen molar-refractivity contribution in [3.63, 3.8) is 0 Å². The third-order valence-electron chi connectivity index (χ3n) is 2.82. The molecule has 0 saturated carbocycles. The molecule has 0 bridgehead atoms. The van der Waals surface area contributed by atoms with E-state index in [9.17, 15) is 18.0 Å². The van der Waals surface area contributed by atoms with Crippen molar-refractivity contribution in [1.29, 1.82) is 0 Å². The number of benzene rings is 2. The Labute approximate surface area is 123 Å². The standard InChI is InChI=1S/C15H11F3O2S/c16-15(17,18)11-5-7-12(8-6-11)21-9-10-3-1-2-4-13(10)14(19)20/h1-8H,9H2,(H,19,20). The third kappa shape index (κ3) is 4.01. The van der Waals surface area contributed by atoms with E-state index >= 15 is 0 Å².